The third kappa shape index (κ3) is 6.55. The van der Waals surface area contributed by atoms with Crippen molar-refractivity contribution in [3.63, 3.8) is 0 Å². The van der Waals surface area contributed by atoms with Gasteiger partial charge in [-0.25, -0.2) is 4.79 Å². The van der Waals surface area contributed by atoms with Gasteiger partial charge < -0.3 is 91.3 Å². The number of nitrogens with two attached hydrogens (primary N) is 1. The van der Waals surface area contributed by atoms with Crippen molar-refractivity contribution in [1.29, 1.82) is 0 Å². The Labute approximate surface area is 226 Å². The molecule has 19 heteroatoms. The Bertz CT molecular complexity index is 824. The summed E-state index contributed by atoms with van der Waals surface area (Å²) in [5, 5.41) is 123. The molecule has 234 valence electrons. The second-order valence-corrected chi connectivity index (χ2v) is 9.93. The Hall–Kier alpha value is -1.21. The van der Waals surface area contributed by atoms with Crippen molar-refractivity contribution >= 4 is 5.97 Å². The summed E-state index contributed by atoms with van der Waals surface area (Å²) in [5.74, 6) is -1.87. The van der Waals surface area contributed by atoms with Crippen molar-refractivity contribution in [3.8, 4) is 0 Å². The molecule has 0 aromatic heterocycles. The highest BCUT2D eigenvalue weighted by atomic mass is 16.7. The molecule has 0 radical (unpaired) electrons. The molecule has 0 spiro atoms. The maximum absolute atomic E-state index is 11.9. The van der Waals surface area contributed by atoms with Crippen molar-refractivity contribution in [2.75, 3.05) is 19.8 Å². The predicted molar refractivity (Wildman–Crippen MR) is 123 cm³/mol. The molecule has 0 unspecified atom stereocenters. The van der Waals surface area contributed by atoms with Crippen LogP contribution in [0.4, 0.5) is 0 Å². The number of aliphatic hydroxyl groups excluding tert-OH is 11. The smallest absolute Gasteiger partial charge is 0.335 e. The Morgan fingerprint density at radius 3 is 1.93 bits per heavy atom. The number of hydrogen-bond acceptors (Lipinski definition) is 18. The van der Waals surface area contributed by atoms with E-state index in [1.165, 1.54) is 0 Å². The van der Waals surface area contributed by atoms with Crippen LogP contribution in [0, 0.1) is 0 Å². The molecule has 3 fully saturated rings. The lowest BCUT2D eigenvalue weighted by molar-refractivity contribution is -0.352. The molecule has 3 rings (SSSR count). The minimum absolute atomic E-state index is 0.654. The van der Waals surface area contributed by atoms with Gasteiger partial charge in [0.15, 0.2) is 18.7 Å². The molecule has 0 aliphatic carbocycles. The van der Waals surface area contributed by atoms with Gasteiger partial charge in [-0.2, -0.15) is 0 Å². The Balaban J connectivity index is 1.72. The predicted octanol–water partition coefficient (Wildman–Crippen LogP) is -9.18. The van der Waals surface area contributed by atoms with Crippen molar-refractivity contribution in [3.05, 3.63) is 0 Å². The van der Waals surface area contributed by atoms with Crippen LogP contribution in [0.1, 0.15) is 0 Å². The SMILES string of the molecule is N[C@H]1[C@H](O[C@@H]2[C@@H](O)[C@H](O)[C@@H](O[C@@H](C(=O)O)[C@@H](O)[C@@H](O)[C@H]3N[C@@H](CO)[C@H](O)[C@H]3O)O[C@H]2CO)O[C@H](CO)[C@H](O)[C@@H]1O. The highest BCUT2D eigenvalue weighted by Crippen LogP contribution is 2.30. The fourth-order valence-corrected chi connectivity index (χ4v) is 4.89. The lowest BCUT2D eigenvalue weighted by Crippen LogP contribution is -2.67. The van der Waals surface area contributed by atoms with Gasteiger partial charge in [0.1, 0.15) is 54.9 Å². The topological polar surface area (TPSA) is 335 Å². The zero-order chi connectivity index (χ0) is 30.0. The maximum Gasteiger partial charge on any atom is 0.335 e. The number of nitrogens with one attached hydrogen (secondary N) is 1. The van der Waals surface area contributed by atoms with E-state index in [2.05, 4.69) is 5.32 Å². The van der Waals surface area contributed by atoms with E-state index in [1.54, 1.807) is 0 Å². The summed E-state index contributed by atoms with van der Waals surface area (Å²) >= 11 is 0. The van der Waals surface area contributed by atoms with Crippen LogP contribution in [0.2, 0.25) is 0 Å². The summed E-state index contributed by atoms with van der Waals surface area (Å²) < 4.78 is 21.3. The highest BCUT2D eigenvalue weighted by molar-refractivity contribution is 5.73. The molecule has 19 nitrogen and oxygen atoms in total. The molecule has 40 heavy (non-hydrogen) atoms. The van der Waals surface area contributed by atoms with Crippen LogP contribution in [0.3, 0.4) is 0 Å². The third-order valence-corrected chi connectivity index (χ3v) is 7.33. The average Bonchev–Trinajstić information content (AvgIpc) is 3.22. The van der Waals surface area contributed by atoms with Gasteiger partial charge in [0.25, 0.3) is 0 Å². The van der Waals surface area contributed by atoms with Gasteiger partial charge in [0.2, 0.25) is 0 Å². The molecule has 0 amide bonds. The first kappa shape index (κ1) is 33.3. The Kier molecular flexibility index (Phi) is 11.5. The van der Waals surface area contributed by atoms with Gasteiger partial charge in [0, 0.05) is 0 Å². The summed E-state index contributed by atoms with van der Waals surface area (Å²) in [6.07, 6.45) is -25.5. The largest absolute Gasteiger partial charge is 0.479 e. The molecule has 15 N–H and O–H groups in total. The van der Waals surface area contributed by atoms with E-state index in [4.69, 9.17) is 24.7 Å². The van der Waals surface area contributed by atoms with E-state index in [0.29, 0.717) is 0 Å². The van der Waals surface area contributed by atoms with Crippen LogP contribution < -0.4 is 11.1 Å². The normalized spacial score (nSPS) is 46.6. The summed E-state index contributed by atoms with van der Waals surface area (Å²) in [4.78, 5) is 11.9. The van der Waals surface area contributed by atoms with E-state index in [1.807, 2.05) is 0 Å². The van der Waals surface area contributed by atoms with Gasteiger partial charge in [0.05, 0.1) is 50.2 Å². The first-order valence-corrected chi connectivity index (χ1v) is 12.4. The van der Waals surface area contributed by atoms with Crippen LogP contribution >= 0.6 is 0 Å². The van der Waals surface area contributed by atoms with E-state index in [-0.39, 0.29) is 0 Å². The van der Waals surface area contributed by atoms with Gasteiger partial charge in [-0.3, -0.25) is 0 Å². The fourth-order valence-electron chi connectivity index (χ4n) is 4.89. The van der Waals surface area contributed by atoms with E-state index >= 15 is 0 Å². The summed E-state index contributed by atoms with van der Waals surface area (Å²) in [5.41, 5.74) is 5.81. The van der Waals surface area contributed by atoms with Crippen LogP contribution in [-0.4, -0.2) is 191 Å². The molecule has 0 saturated carbocycles. The molecule has 3 saturated heterocycles. The molecule has 17 atom stereocenters. The zero-order valence-electron chi connectivity index (χ0n) is 20.9. The van der Waals surface area contributed by atoms with E-state index in [9.17, 15) is 66.1 Å². The standard InChI is InChI=1S/C21H38N2O17/c22-7-11(29)10(28)5(2-25)37-20(7)39-17-6(3-26)38-21(16(34)15(17)33)40-18(19(35)36)14(32)13(31)8-12(30)9(27)4(1-24)23-8/h4-18,20-21,23-34H,1-3,22H2,(H,35,36)/t4-,5+,6-,7+,8-,9-,10-,11+,12-,13-,14-,15-,16-,17-,18+,20-,21+/m0/s1. The maximum atomic E-state index is 11.9. The summed E-state index contributed by atoms with van der Waals surface area (Å²) in [6.45, 7) is -2.31. The molecule has 3 aliphatic heterocycles. The van der Waals surface area contributed by atoms with Crippen molar-refractivity contribution in [1.82, 2.24) is 5.32 Å². The van der Waals surface area contributed by atoms with Crippen LogP contribution in [0.15, 0.2) is 0 Å². The molecule has 0 bridgehead atoms. The number of rotatable bonds is 11. The Morgan fingerprint density at radius 1 is 0.800 bits per heavy atom. The van der Waals surface area contributed by atoms with Gasteiger partial charge in [-0.05, 0) is 0 Å². The number of hydrogen-bond donors (Lipinski definition) is 14. The lowest BCUT2D eigenvalue weighted by atomic mass is 9.95. The van der Waals surface area contributed by atoms with Gasteiger partial charge in [-0.15, -0.1) is 0 Å². The minimum Gasteiger partial charge on any atom is -0.479 e. The van der Waals surface area contributed by atoms with E-state index < -0.39 is 130 Å². The van der Waals surface area contributed by atoms with Crippen molar-refractivity contribution in [2.45, 2.75) is 104 Å². The number of aliphatic carboxylic acids is 1. The number of carboxylic acid groups (broad SMARTS) is 1. The van der Waals surface area contributed by atoms with Crippen LogP contribution in [0.5, 0.6) is 0 Å². The average molecular weight is 591 g/mol. The number of aliphatic hydroxyl groups is 11. The molecule has 3 aliphatic rings. The van der Waals surface area contributed by atoms with E-state index in [0.717, 1.165) is 0 Å². The van der Waals surface area contributed by atoms with Crippen molar-refractivity contribution in [2.24, 2.45) is 5.73 Å². The highest BCUT2D eigenvalue weighted by Gasteiger charge is 2.53. The van der Waals surface area contributed by atoms with Crippen LogP contribution in [-0.2, 0) is 23.7 Å². The van der Waals surface area contributed by atoms with Crippen LogP contribution in [0.25, 0.3) is 0 Å². The van der Waals surface area contributed by atoms with Crippen molar-refractivity contribution < 1.29 is 85.0 Å². The van der Waals surface area contributed by atoms with Gasteiger partial charge >= 0.3 is 5.97 Å². The fraction of sp³-hybridized carbons (Fsp3) is 0.952. The first-order chi connectivity index (χ1) is 18.8. The monoisotopic (exact) mass is 590 g/mol. The quantitative estimate of drug-likeness (QED) is 0.106. The second kappa shape index (κ2) is 13.8. The molecule has 0 aromatic carbocycles. The van der Waals surface area contributed by atoms with Gasteiger partial charge in [-0.1, -0.05) is 0 Å². The molecular weight excluding hydrogens is 552 g/mol. The molecule has 0 aromatic rings. The minimum atomic E-state index is -2.35. The number of carboxylic acids is 1. The molecular formula is C21H38N2O17. The number of carbonyl (C=O) groups is 1. The number of ether oxygens (including phenoxy) is 4. The Morgan fingerprint density at radius 2 is 1.40 bits per heavy atom. The first-order valence-electron chi connectivity index (χ1n) is 12.4. The summed E-state index contributed by atoms with van der Waals surface area (Å²) in [7, 11) is 0. The lowest BCUT2D eigenvalue weighted by Gasteiger charge is -2.46. The second-order valence-electron chi connectivity index (χ2n) is 9.93. The summed E-state index contributed by atoms with van der Waals surface area (Å²) in [6, 6.07) is -4.01. The third-order valence-electron chi connectivity index (χ3n) is 7.33. The zero-order valence-corrected chi connectivity index (χ0v) is 20.9. The molecule has 3 heterocycles.